The van der Waals surface area contributed by atoms with E-state index in [1.807, 2.05) is 66.7 Å². The Morgan fingerprint density at radius 1 is 0.830 bits per heavy atom. The van der Waals surface area contributed by atoms with Gasteiger partial charge < -0.3 is 34.7 Å². The number of ether oxygens (including phenoxy) is 2. The minimum atomic E-state index is -4.19. The van der Waals surface area contributed by atoms with E-state index in [4.69, 9.17) is 13.7 Å². The van der Waals surface area contributed by atoms with Gasteiger partial charge >= 0.3 is 16.2 Å². The molecule has 0 spiro atoms. The highest BCUT2D eigenvalue weighted by Gasteiger charge is 2.30. The van der Waals surface area contributed by atoms with Crippen LogP contribution >= 0.6 is 0 Å². The summed E-state index contributed by atoms with van der Waals surface area (Å²) in [6, 6.07) is 11.4. The first kappa shape index (κ1) is 39.1. The summed E-state index contributed by atoms with van der Waals surface area (Å²) in [5, 5.41) is 18.4. The molecule has 0 aliphatic carbocycles. The van der Waals surface area contributed by atoms with E-state index < -0.39 is 51.8 Å². The fourth-order valence-electron chi connectivity index (χ4n) is 4.23. The lowest BCUT2D eigenvalue weighted by Crippen LogP contribution is -2.56. The molecular weight excluding hydrogens is 626 g/mol. The number of carbonyl (C=O) groups is 3. The number of amides is 3. The van der Waals surface area contributed by atoms with Crippen LogP contribution in [0.25, 0.3) is 0 Å². The summed E-state index contributed by atoms with van der Waals surface area (Å²) in [5.74, 6) is -1.13. The van der Waals surface area contributed by atoms with Gasteiger partial charge in [-0.25, -0.2) is 4.79 Å². The number of hydrogen-bond acceptors (Lipinski definition) is 9. The SMILES string of the molecule is CC(C)C[C@@H](/C=C/S(=O)(=O)Oc1ccc(O)cc1)NC(=O)[C@H](CC(C)C)NC(=O)[C@H](COC(C)(C)C)NC(=O)OCc1ccccc1. The van der Waals surface area contributed by atoms with Gasteiger partial charge in [0.25, 0.3) is 0 Å². The fraction of sp³-hybridized carbons (Fsp3) is 0.500. The van der Waals surface area contributed by atoms with Gasteiger partial charge in [0.05, 0.1) is 17.6 Å². The van der Waals surface area contributed by atoms with Crippen molar-refractivity contribution in [2.75, 3.05) is 6.61 Å². The summed E-state index contributed by atoms with van der Waals surface area (Å²) >= 11 is 0. The van der Waals surface area contributed by atoms with Gasteiger partial charge in [-0.1, -0.05) is 58.0 Å². The molecule has 0 aliphatic rings. The number of phenols is 1. The number of hydrogen-bond donors (Lipinski definition) is 4. The van der Waals surface area contributed by atoms with E-state index in [1.165, 1.54) is 30.3 Å². The van der Waals surface area contributed by atoms with Crippen molar-refractivity contribution < 1.29 is 41.6 Å². The predicted octanol–water partition coefficient (Wildman–Crippen LogP) is 4.79. The summed E-state index contributed by atoms with van der Waals surface area (Å²) in [4.78, 5) is 39.7. The second-order valence-corrected chi connectivity index (χ2v) is 14.4. The number of nitrogens with one attached hydrogen (secondary N) is 3. The molecule has 47 heavy (non-hydrogen) atoms. The maximum absolute atomic E-state index is 13.6. The third-order valence-electron chi connectivity index (χ3n) is 6.42. The average molecular weight is 676 g/mol. The van der Waals surface area contributed by atoms with Crippen molar-refractivity contribution in [3.63, 3.8) is 0 Å². The van der Waals surface area contributed by atoms with Crippen LogP contribution in [0.5, 0.6) is 11.5 Å². The van der Waals surface area contributed by atoms with Gasteiger partial charge in [-0.3, -0.25) is 9.59 Å². The maximum Gasteiger partial charge on any atom is 0.408 e. The van der Waals surface area contributed by atoms with Gasteiger partial charge in [0.2, 0.25) is 11.8 Å². The van der Waals surface area contributed by atoms with Gasteiger partial charge in [-0.05, 0) is 81.4 Å². The highest BCUT2D eigenvalue weighted by molar-refractivity contribution is 7.90. The van der Waals surface area contributed by atoms with Crippen LogP contribution in [-0.4, -0.2) is 61.8 Å². The summed E-state index contributed by atoms with van der Waals surface area (Å²) < 4.78 is 41.4. The van der Waals surface area contributed by atoms with Crippen molar-refractivity contribution in [2.45, 2.75) is 91.6 Å². The summed E-state index contributed by atoms with van der Waals surface area (Å²) in [6.45, 7) is 12.9. The van der Waals surface area contributed by atoms with E-state index >= 15 is 0 Å². The normalized spacial score (nSPS) is 14.0. The summed E-state index contributed by atoms with van der Waals surface area (Å²) in [7, 11) is -4.19. The van der Waals surface area contributed by atoms with E-state index in [0.717, 1.165) is 11.0 Å². The Hall–Kier alpha value is -4.10. The standard InChI is InChI=1S/C34H49N3O9S/c1-23(2)19-26(17-18-47(42,43)46-28-15-13-27(38)14-16-28)35-31(39)29(20-24(3)4)36-32(40)30(22-45-34(5,6)7)37-33(41)44-21-25-11-9-8-10-12-25/h8-18,23-24,26,29-30,38H,19-22H2,1-7H3,(H,35,39)(H,36,40)(H,37,41)/b18-17+/t26-,29+,30+/m1/s1. The molecule has 3 atom stereocenters. The van der Waals surface area contributed by atoms with Crippen LogP contribution in [-0.2, 0) is 35.8 Å². The highest BCUT2D eigenvalue weighted by atomic mass is 32.2. The van der Waals surface area contributed by atoms with Crippen LogP contribution in [0.2, 0.25) is 0 Å². The largest absolute Gasteiger partial charge is 0.508 e. The average Bonchev–Trinajstić information content (AvgIpc) is 2.97. The fourth-order valence-corrected chi connectivity index (χ4v) is 5.05. The summed E-state index contributed by atoms with van der Waals surface area (Å²) in [5.41, 5.74) is 0.152. The molecule has 2 rings (SSSR count). The number of alkyl carbamates (subject to hydrolysis) is 1. The third kappa shape index (κ3) is 16.3. The first-order valence-corrected chi connectivity index (χ1v) is 17.0. The Morgan fingerprint density at radius 3 is 2.00 bits per heavy atom. The smallest absolute Gasteiger partial charge is 0.408 e. The number of benzene rings is 2. The molecular formula is C34H49N3O9S. The van der Waals surface area contributed by atoms with Gasteiger partial charge in [-0.2, -0.15) is 8.42 Å². The third-order valence-corrected chi connectivity index (χ3v) is 7.34. The van der Waals surface area contributed by atoms with Crippen molar-refractivity contribution in [2.24, 2.45) is 11.8 Å². The van der Waals surface area contributed by atoms with Gasteiger partial charge in [0, 0.05) is 6.04 Å². The van der Waals surface area contributed by atoms with Crippen LogP contribution in [0, 0.1) is 11.8 Å². The van der Waals surface area contributed by atoms with Crippen molar-refractivity contribution in [1.29, 1.82) is 0 Å². The molecule has 0 radical (unpaired) electrons. The Balaban J connectivity index is 2.18. The molecule has 0 heterocycles. The highest BCUT2D eigenvalue weighted by Crippen LogP contribution is 2.19. The number of rotatable bonds is 17. The Bertz CT molecular complexity index is 1420. The van der Waals surface area contributed by atoms with Crippen molar-refractivity contribution in [3.05, 3.63) is 71.6 Å². The minimum absolute atomic E-state index is 0.0000223. The predicted molar refractivity (Wildman–Crippen MR) is 179 cm³/mol. The van der Waals surface area contributed by atoms with E-state index in [-0.39, 0.29) is 43.0 Å². The molecule has 4 N–H and O–H groups in total. The van der Waals surface area contributed by atoms with Crippen molar-refractivity contribution in [3.8, 4) is 11.5 Å². The molecule has 260 valence electrons. The summed E-state index contributed by atoms with van der Waals surface area (Å²) in [6.07, 6.45) is 1.17. The molecule has 0 saturated carbocycles. The zero-order valence-electron chi connectivity index (χ0n) is 28.2. The molecule has 2 aromatic rings. The molecule has 0 saturated heterocycles. The van der Waals surface area contributed by atoms with Crippen LogP contribution < -0.4 is 20.1 Å². The molecule has 0 aromatic heterocycles. The Morgan fingerprint density at radius 2 is 1.43 bits per heavy atom. The molecule has 3 amide bonds. The Labute approximate surface area is 278 Å². The van der Waals surface area contributed by atoms with Crippen molar-refractivity contribution >= 4 is 28.0 Å². The molecule has 0 bridgehead atoms. The molecule has 0 unspecified atom stereocenters. The van der Waals surface area contributed by atoms with E-state index in [0.29, 0.717) is 6.42 Å². The molecule has 13 heteroatoms. The Kier molecular flexibility index (Phi) is 15.2. The zero-order valence-corrected chi connectivity index (χ0v) is 29.0. The van der Waals surface area contributed by atoms with Crippen LogP contribution in [0.3, 0.4) is 0 Å². The van der Waals surface area contributed by atoms with Gasteiger partial charge in [-0.15, -0.1) is 0 Å². The molecule has 2 aromatic carbocycles. The minimum Gasteiger partial charge on any atom is -0.508 e. The zero-order chi connectivity index (χ0) is 35.2. The molecule has 0 fully saturated rings. The lowest BCUT2D eigenvalue weighted by Gasteiger charge is -2.28. The van der Waals surface area contributed by atoms with Gasteiger partial charge in [0.15, 0.2) is 0 Å². The maximum atomic E-state index is 13.6. The lowest BCUT2D eigenvalue weighted by molar-refractivity contribution is -0.132. The number of phenolic OH excluding ortho intramolecular Hbond substituents is 1. The van der Waals surface area contributed by atoms with Crippen LogP contribution in [0.15, 0.2) is 66.1 Å². The number of aromatic hydroxyl groups is 1. The second kappa shape index (κ2) is 18.3. The van der Waals surface area contributed by atoms with Crippen LogP contribution in [0.1, 0.15) is 66.9 Å². The van der Waals surface area contributed by atoms with Crippen molar-refractivity contribution in [1.82, 2.24) is 16.0 Å². The monoisotopic (exact) mass is 675 g/mol. The first-order valence-electron chi connectivity index (χ1n) is 15.6. The van der Waals surface area contributed by atoms with Gasteiger partial charge in [0.1, 0.15) is 30.2 Å². The quantitative estimate of drug-likeness (QED) is 0.172. The topological polar surface area (TPSA) is 169 Å². The second-order valence-electron chi connectivity index (χ2n) is 13.0. The van der Waals surface area contributed by atoms with E-state index in [9.17, 15) is 27.9 Å². The first-order chi connectivity index (χ1) is 21.9. The van der Waals surface area contributed by atoms with Crippen LogP contribution in [0.4, 0.5) is 4.79 Å². The number of carbonyl (C=O) groups excluding carboxylic acids is 3. The van der Waals surface area contributed by atoms with E-state index in [2.05, 4.69) is 16.0 Å². The van der Waals surface area contributed by atoms with E-state index in [1.54, 1.807) is 12.1 Å². The molecule has 12 nitrogen and oxygen atoms in total. The molecule has 0 aliphatic heterocycles. The lowest BCUT2D eigenvalue weighted by atomic mass is 10.0.